The average Bonchev–Trinajstić information content (AvgIpc) is 2.26. The van der Waals surface area contributed by atoms with Crippen LogP contribution >= 0.6 is 0 Å². The molecule has 0 aliphatic heterocycles. The van der Waals surface area contributed by atoms with Crippen LogP contribution in [0.5, 0.6) is 0 Å². The van der Waals surface area contributed by atoms with Crippen molar-refractivity contribution in [1.29, 1.82) is 0 Å². The van der Waals surface area contributed by atoms with Crippen molar-refractivity contribution in [2.24, 2.45) is 5.73 Å². The van der Waals surface area contributed by atoms with E-state index < -0.39 is 11.4 Å². The number of hydrogen-bond acceptors (Lipinski definition) is 2. The van der Waals surface area contributed by atoms with E-state index >= 15 is 0 Å². The Morgan fingerprint density at radius 2 is 1.94 bits per heavy atom. The van der Waals surface area contributed by atoms with E-state index in [4.69, 9.17) is 10.8 Å². The lowest BCUT2D eigenvalue weighted by Crippen LogP contribution is -2.28. The summed E-state index contributed by atoms with van der Waals surface area (Å²) in [5, 5.41) is 9.06. The lowest BCUT2D eigenvalue weighted by molar-refractivity contribution is -0.142. The lowest BCUT2D eigenvalue weighted by atomic mass is 9.84. The number of carboxylic acids is 1. The van der Waals surface area contributed by atoms with Gasteiger partial charge in [0.25, 0.3) is 0 Å². The zero-order chi connectivity index (χ0) is 12.2. The number of carboxylic acid groups (broad SMARTS) is 1. The highest BCUT2D eigenvalue weighted by atomic mass is 16.4. The van der Waals surface area contributed by atoms with Gasteiger partial charge in [-0.1, -0.05) is 24.0 Å². The first-order chi connectivity index (χ1) is 7.48. The van der Waals surface area contributed by atoms with E-state index in [9.17, 15) is 4.79 Å². The first-order valence-corrected chi connectivity index (χ1v) is 5.01. The van der Waals surface area contributed by atoms with Crippen LogP contribution in [0.4, 0.5) is 0 Å². The fourth-order valence-electron chi connectivity index (χ4n) is 1.25. The molecule has 3 N–H and O–H groups in total. The topological polar surface area (TPSA) is 63.3 Å². The number of hydrogen-bond donors (Lipinski definition) is 2. The molecule has 16 heavy (non-hydrogen) atoms. The van der Waals surface area contributed by atoms with Gasteiger partial charge in [-0.15, -0.1) is 0 Å². The Bertz CT molecular complexity index is 435. The minimum Gasteiger partial charge on any atom is -0.481 e. The predicted octanol–water partition coefficient (Wildman–Crippen LogP) is 1.36. The maximum atomic E-state index is 11.0. The predicted molar refractivity (Wildman–Crippen MR) is 63.0 cm³/mol. The van der Waals surface area contributed by atoms with Crippen molar-refractivity contribution >= 4 is 5.97 Å². The molecular weight excluding hydrogens is 202 g/mol. The average molecular weight is 217 g/mol. The summed E-state index contributed by atoms with van der Waals surface area (Å²) < 4.78 is 0. The first kappa shape index (κ1) is 12.3. The fourth-order valence-corrected chi connectivity index (χ4v) is 1.25. The van der Waals surface area contributed by atoms with Crippen molar-refractivity contribution in [2.75, 3.05) is 6.54 Å². The summed E-state index contributed by atoms with van der Waals surface area (Å²) in [4.78, 5) is 11.0. The highest BCUT2D eigenvalue weighted by Crippen LogP contribution is 2.23. The molecule has 3 nitrogen and oxygen atoms in total. The molecule has 0 fully saturated rings. The number of aliphatic carboxylic acids is 1. The molecule has 84 valence electrons. The van der Waals surface area contributed by atoms with Gasteiger partial charge in [-0.25, -0.2) is 0 Å². The molecule has 3 heteroatoms. The molecule has 0 unspecified atom stereocenters. The molecule has 0 radical (unpaired) electrons. The maximum absolute atomic E-state index is 11.0. The third-order valence-electron chi connectivity index (χ3n) is 2.48. The molecule has 1 aromatic rings. The summed E-state index contributed by atoms with van der Waals surface area (Å²) in [5.41, 5.74) is 5.99. The van der Waals surface area contributed by atoms with Crippen molar-refractivity contribution in [3.8, 4) is 11.8 Å². The molecule has 1 rings (SSSR count). The van der Waals surface area contributed by atoms with Gasteiger partial charge in [0.1, 0.15) is 0 Å². The van der Waals surface area contributed by atoms with E-state index in [-0.39, 0.29) is 0 Å². The monoisotopic (exact) mass is 217 g/mol. The van der Waals surface area contributed by atoms with Gasteiger partial charge in [0.2, 0.25) is 0 Å². The second kappa shape index (κ2) is 4.82. The van der Waals surface area contributed by atoms with Crippen LogP contribution in [-0.2, 0) is 10.2 Å². The summed E-state index contributed by atoms with van der Waals surface area (Å²) in [5.74, 6) is 4.80. The van der Waals surface area contributed by atoms with Gasteiger partial charge in [-0.2, -0.15) is 0 Å². The zero-order valence-corrected chi connectivity index (χ0v) is 9.45. The normalized spacial score (nSPS) is 10.4. The summed E-state index contributed by atoms with van der Waals surface area (Å²) in [7, 11) is 0. The largest absolute Gasteiger partial charge is 0.481 e. The van der Waals surface area contributed by atoms with E-state index in [2.05, 4.69) is 11.8 Å². The Morgan fingerprint density at radius 3 is 2.38 bits per heavy atom. The number of carbonyl (C=O) groups is 1. The van der Waals surface area contributed by atoms with E-state index in [0.717, 1.165) is 11.1 Å². The zero-order valence-electron chi connectivity index (χ0n) is 9.45. The molecular formula is C13H15NO2. The maximum Gasteiger partial charge on any atom is 0.313 e. The van der Waals surface area contributed by atoms with E-state index in [1.807, 2.05) is 12.1 Å². The quantitative estimate of drug-likeness (QED) is 0.735. The van der Waals surface area contributed by atoms with Crippen LogP contribution in [0.2, 0.25) is 0 Å². The smallest absolute Gasteiger partial charge is 0.313 e. The van der Waals surface area contributed by atoms with Gasteiger partial charge in [-0.05, 0) is 31.5 Å². The molecule has 0 saturated carbocycles. The Balaban J connectivity index is 2.99. The van der Waals surface area contributed by atoms with Gasteiger partial charge in [0.05, 0.1) is 12.0 Å². The van der Waals surface area contributed by atoms with Crippen molar-refractivity contribution < 1.29 is 9.90 Å². The molecule has 0 amide bonds. The third kappa shape index (κ3) is 2.62. The molecule has 0 aromatic heterocycles. The molecule has 0 heterocycles. The van der Waals surface area contributed by atoms with Crippen LogP contribution in [0.1, 0.15) is 25.0 Å². The second-order valence-corrected chi connectivity index (χ2v) is 4.01. The van der Waals surface area contributed by atoms with Crippen molar-refractivity contribution in [3.05, 3.63) is 35.4 Å². The number of rotatable bonds is 2. The Morgan fingerprint density at radius 1 is 1.38 bits per heavy atom. The van der Waals surface area contributed by atoms with Crippen molar-refractivity contribution in [1.82, 2.24) is 0 Å². The van der Waals surface area contributed by atoms with Crippen LogP contribution in [0.15, 0.2) is 24.3 Å². The fraction of sp³-hybridized carbons (Fsp3) is 0.308. The van der Waals surface area contributed by atoms with Gasteiger partial charge in [-0.3, -0.25) is 4.79 Å². The standard InChI is InChI=1S/C13H15NO2/c1-13(2,12(15)16)11-7-5-10(6-8-11)4-3-9-14/h5-8H,9,14H2,1-2H3,(H,15,16). The molecule has 1 aromatic carbocycles. The Labute approximate surface area is 95.3 Å². The molecule has 0 aliphatic carbocycles. The van der Waals surface area contributed by atoms with Crippen LogP contribution in [-0.4, -0.2) is 17.6 Å². The highest BCUT2D eigenvalue weighted by Gasteiger charge is 2.28. The summed E-state index contributed by atoms with van der Waals surface area (Å²) in [6.07, 6.45) is 0. The van der Waals surface area contributed by atoms with Crippen molar-refractivity contribution in [2.45, 2.75) is 19.3 Å². The minimum atomic E-state index is -0.875. The van der Waals surface area contributed by atoms with E-state index in [1.54, 1.807) is 26.0 Å². The molecule has 0 bridgehead atoms. The van der Waals surface area contributed by atoms with Crippen LogP contribution in [0, 0.1) is 11.8 Å². The SMILES string of the molecule is CC(C)(C(=O)O)c1ccc(C#CCN)cc1. The van der Waals surface area contributed by atoms with Crippen LogP contribution < -0.4 is 5.73 Å². The summed E-state index contributed by atoms with van der Waals surface area (Å²) >= 11 is 0. The van der Waals surface area contributed by atoms with E-state index in [0.29, 0.717) is 6.54 Å². The Hall–Kier alpha value is -1.79. The third-order valence-corrected chi connectivity index (χ3v) is 2.48. The van der Waals surface area contributed by atoms with Crippen molar-refractivity contribution in [3.63, 3.8) is 0 Å². The highest BCUT2D eigenvalue weighted by molar-refractivity contribution is 5.80. The number of benzene rings is 1. The second-order valence-electron chi connectivity index (χ2n) is 4.01. The van der Waals surface area contributed by atoms with E-state index in [1.165, 1.54) is 0 Å². The van der Waals surface area contributed by atoms with Gasteiger partial charge >= 0.3 is 5.97 Å². The molecule has 0 aliphatic rings. The molecule has 0 atom stereocenters. The Kier molecular flexibility index (Phi) is 3.70. The number of nitrogens with two attached hydrogens (primary N) is 1. The van der Waals surface area contributed by atoms with Gasteiger partial charge in [0.15, 0.2) is 0 Å². The van der Waals surface area contributed by atoms with Crippen LogP contribution in [0.25, 0.3) is 0 Å². The molecule has 0 spiro atoms. The minimum absolute atomic E-state index is 0.322. The summed E-state index contributed by atoms with van der Waals surface area (Å²) in [6.45, 7) is 3.67. The van der Waals surface area contributed by atoms with Crippen LogP contribution in [0.3, 0.4) is 0 Å². The van der Waals surface area contributed by atoms with Gasteiger partial charge < -0.3 is 10.8 Å². The first-order valence-electron chi connectivity index (χ1n) is 5.01. The van der Waals surface area contributed by atoms with Gasteiger partial charge in [0, 0.05) is 5.56 Å². The lowest BCUT2D eigenvalue weighted by Gasteiger charge is -2.19. The summed E-state index contributed by atoms with van der Waals surface area (Å²) in [6, 6.07) is 7.19. The molecule has 0 saturated heterocycles.